The molecule has 35 heavy (non-hydrogen) atoms. The molecule has 1 N–H and O–H groups in total. The second kappa shape index (κ2) is 9.76. The summed E-state index contributed by atoms with van der Waals surface area (Å²) in [4.78, 5) is 38.0. The number of esters is 1. The van der Waals surface area contributed by atoms with E-state index in [0.29, 0.717) is 6.61 Å². The Kier molecular flexibility index (Phi) is 6.59. The average molecular weight is 476 g/mol. The van der Waals surface area contributed by atoms with E-state index in [4.69, 9.17) is 9.15 Å². The lowest BCUT2D eigenvalue weighted by molar-refractivity contribution is -0.123. The summed E-state index contributed by atoms with van der Waals surface area (Å²) in [6.07, 6.45) is 3.34. The number of hydrogen-bond donors (Lipinski definition) is 1. The van der Waals surface area contributed by atoms with E-state index in [1.807, 2.05) is 44.2 Å². The van der Waals surface area contributed by atoms with Gasteiger partial charge in [0.1, 0.15) is 23.8 Å². The van der Waals surface area contributed by atoms with E-state index in [0.717, 1.165) is 33.3 Å². The number of carbonyl (C=O) groups excluding carboxylic acids is 3. The summed E-state index contributed by atoms with van der Waals surface area (Å²) >= 11 is 0. The van der Waals surface area contributed by atoms with Crippen LogP contribution in [-0.4, -0.2) is 41.1 Å². The monoisotopic (exact) mass is 475 g/mol. The molecule has 0 saturated carbocycles. The first-order valence-electron chi connectivity index (χ1n) is 10.9. The zero-order valence-corrected chi connectivity index (χ0v) is 19.7. The minimum Gasteiger partial charge on any atom is -0.490 e. The molecule has 1 saturated heterocycles. The Bertz CT molecular complexity index is 1330. The Hall–Kier alpha value is -4.53. The molecule has 3 amide bonds. The summed E-state index contributed by atoms with van der Waals surface area (Å²) in [5, 5.41) is 2.62. The highest BCUT2D eigenvalue weighted by molar-refractivity contribution is 6.13. The number of imide groups is 1. The van der Waals surface area contributed by atoms with Crippen molar-refractivity contribution >= 4 is 24.0 Å². The van der Waals surface area contributed by atoms with E-state index in [-0.39, 0.29) is 23.8 Å². The van der Waals surface area contributed by atoms with E-state index in [2.05, 4.69) is 21.2 Å². The van der Waals surface area contributed by atoms with Crippen molar-refractivity contribution in [3.8, 4) is 11.4 Å². The van der Waals surface area contributed by atoms with Gasteiger partial charge in [0.25, 0.3) is 5.91 Å². The minimum absolute atomic E-state index is 0.00180. The fourth-order valence-corrected chi connectivity index (χ4v) is 3.88. The molecule has 0 atom stereocenters. The summed E-state index contributed by atoms with van der Waals surface area (Å²) in [7, 11) is 1.24. The topological polar surface area (TPSA) is 103 Å². The van der Waals surface area contributed by atoms with Crippen LogP contribution in [0.25, 0.3) is 11.8 Å². The van der Waals surface area contributed by atoms with Crippen LogP contribution in [-0.2, 0) is 16.1 Å². The molecule has 180 valence electrons. The highest BCUT2D eigenvalue weighted by Crippen LogP contribution is 2.26. The van der Waals surface area contributed by atoms with Crippen LogP contribution in [0.5, 0.6) is 5.75 Å². The molecule has 1 fully saturated rings. The molecule has 0 bridgehead atoms. The average Bonchev–Trinajstić information content (AvgIpc) is 3.51. The van der Waals surface area contributed by atoms with Crippen molar-refractivity contribution in [2.45, 2.75) is 20.4 Å². The Labute approximate surface area is 202 Å². The third kappa shape index (κ3) is 4.74. The molecule has 0 aliphatic carbocycles. The van der Waals surface area contributed by atoms with Crippen LogP contribution in [0.15, 0.2) is 65.2 Å². The second-order valence-electron chi connectivity index (χ2n) is 7.89. The molecule has 0 radical (unpaired) electrons. The number of rotatable bonds is 8. The lowest BCUT2D eigenvalue weighted by Gasteiger charge is -2.11. The number of aryl methyl sites for hydroxylation is 1. The number of urea groups is 1. The highest BCUT2D eigenvalue weighted by atomic mass is 16.5. The maximum atomic E-state index is 12.9. The number of furan rings is 1. The highest BCUT2D eigenvalue weighted by Gasteiger charge is 2.34. The van der Waals surface area contributed by atoms with E-state index >= 15 is 0 Å². The van der Waals surface area contributed by atoms with Crippen molar-refractivity contribution in [1.82, 2.24) is 14.8 Å². The molecule has 0 unspecified atom stereocenters. The molecule has 3 heterocycles. The second-order valence-corrected chi connectivity index (χ2v) is 7.89. The van der Waals surface area contributed by atoms with Crippen molar-refractivity contribution in [3.63, 3.8) is 0 Å². The third-order valence-electron chi connectivity index (χ3n) is 5.56. The molecule has 1 aliphatic heterocycles. The van der Waals surface area contributed by atoms with Crippen LogP contribution >= 0.6 is 0 Å². The number of nitrogens with zero attached hydrogens (tertiary/aromatic N) is 2. The number of carbonyl (C=O) groups is 3. The van der Waals surface area contributed by atoms with Gasteiger partial charge in [-0.2, -0.15) is 0 Å². The maximum Gasteiger partial charge on any atom is 0.373 e. The lowest BCUT2D eigenvalue weighted by atomic mass is 10.2. The van der Waals surface area contributed by atoms with Gasteiger partial charge in [-0.3, -0.25) is 9.69 Å². The van der Waals surface area contributed by atoms with Gasteiger partial charge in [0.15, 0.2) is 0 Å². The van der Waals surface area contributed by atoms with E-state index < -0.39 is 17.9 Å². The molecule has 9 heteroatoms. The van der Waals surface area contributed by atoms with Crippen LogP contribution in [0.2, 0.25) is 0 Å². The third-order valence-corrected chi connectivity index (χ3v) is 5.56. The maximum absolute atomic E-state index is 12.9. The van der Waals surface area contributed by atoms with Gasteiger partial charge in [-0.05, 0) is 68.0 Å². The van der Waals surface area contributed by atoms with Crippen molar-refractivity contribution in [2.24, 2.45) is 0 Å². The minimum atomic E-state index is -0.636. The molecule has 1 aromatic carbocycles. The molecule has 9 nitrogen and oxygen atoms in total. The van der Waals surface area contributed by atoms with Crippen LogP contribution in [0.4, 0.5) is 4.79 Å². The largest absolute Gasteiger partial charge is 0.490 e. The van der Waals surface area contributed by atoms with Gasteiger partial charge >= 0.3 is 12.0 Å². The van der Waals surface area contributed by atoms with E-state index in [9.17, 15) is 14.4 Å². The van der Waals surface area contributed by atoms with Crippen LogP contribution in [0.1, 0.15) is 33.3 Å². The van der Waals surface area contributed by atoms with Gasteiger partial charge in [-0.25, -0.2) is 9.59 Å². The number of hydrogen-bond acceptors (Lipinski definition) is 6. The van der Waals surface area contributed by atoms with Crippen molar-refractivity contribution in [2.75, 3.05) is 13.7 Å². The molecule has 4 rings (SSSR count). The smallest absolute Gasteiger partial charge is 0.373 e. The van der Waals surface area contributed by atoms with Gasteiger partial charge < -0.3 is 23.8 Å². The molecule has 3 aromatic rings. The normalized spacial score (nSPS) is 14.4. The van der Waals surface area contributed by atoms with E-state index in [1.165, 1.54) is 19.2 Å². The Morgan fingerprint density at radius 3 is 2.57 bits per heavy atom. The number of aromatic nitrogens is 1. The van der Waals surface area contributed by atoms with E-state index in [1.54, 1.807) is 12.2 Å². The van der Waals surface area contributed by atoms with Gasteiger partial charge in [0.05, 0.1) is 13.7 Å². The lowest BCUT2D eigenvalue weighted by Crippen LogP contribution is -2.30. The Morgan fingerprint density at radius 2 is 1.89 bits per heavy atom. The van der Waals surface area contributed by atoms with Gasteiger partial charge in [-0.15, -0.1) is 0 Å². The number of ether oxygens (including phenoxy) is 2. The quantitative estimate of drug-likeness (QED) is 0.227. The number of amides is 3. The van der Waals surface area contributed by atoms with Gasteiger partial charge in [0, 0.05) is 17.1 Å². The van der Waals surface area contributed by atoms with Crippen molar-refractivity contribution in [3.05, 3.63) is 89.3 Å². The summed E-state index contributed by atoms with van der Waals surface area (Å²) in [6.45, 7) is 7.87. The summed E-state index contributed by atoms with van der Waals surface area (Å²) < 4.78 is 17.6. The van der Waals surface area contributed by atoms with Gasteiger partial charge in [0.2, 0.25) is 5.76 Å². The summed E-state index contributed by atoms with van der Waals surface area (Å²) in [6, 6.07) is 12.0. The molecular weight excluding hydrogens is 450 g/mol. The van der Waals surface area contributed by atoms with Crippen LogP contribution in [0.3, 0.4) is 0 Å². The van der Waals surface area contributed by atoms with Crippen LogP contribution in [0, 0.1) is 13.8 Å². The van der Waals surface area contributed by atoms with Crippen molar-refractivity contribution in [1.29, 1.82) is 0 Å². The fourth-order valence-electron chi connectivity index (χ4n) is 3.88. The predicted octanol–water partition coefficient (Wildman–Crippen LogP) is 4.13. The first kappa shape index (κ1) is 23.6. The molecule has 2 aromatic heterocycles. The SMILES string of the molecule is C=CCOc1ccc(-n2c(C)cc(C=C3NC(=O)N(Cc4ccc(C(=O)OC)o4)C3=O)c2C)cc1. The summed E-state index contributed by atoms with van der Waals surface area (Å²) in [5.74, 6) is -0.0946. The molecule has 0 spiro atoms. The van der Waals surface area contributed by atoms with Crippen LogP contribution < -0.4 is 10.1 Å². The zero-order chi connectivity index (χ0) is 25.1. The summed E-state index contributed by atoms with van der Waals surface area (Å²) in [5.41, 5.74) is 3.77. The molecular formula is C26H25N3O6. The standard InChI is InChI=1S/C26H25N3O6/c1-5-12-34-20-8-6-19(7-9-20)29-16(2)13-18(17(29)3)14-22-24(30)28(26(32)27-22)15-21-10-11-23(35-21)25(31)33-4/h5-11,13-14H,1,12,15H2,2-4H3,(H,27,32). The predicted molar refractivity (Wildman–Crippen MR) is 128 cm³/mol. The number of benzene rings is 1. The fraction of sp³-hybridized carbons (Fsp3) is 0.192. The zero-order valence-electron chi connectivity index (χ0n) is 19.7. The first-order valence-corrected chi connectivity index (χ1v) is 10.9. The Morgan fingerprint density at radius 1 is 1.14 bits per heavy atom. The Balaban J connectivity index is 1.54. The number of nitrogens with one attached hydrogen (secondary N) is 1. The molecule has 1 aliphatic rings. The van der Waals surface area contributed by atoms with Gasteiger partial charge in [-0.1, -0.05) is 12.7 Å². The van der Waals surface area contributed by atoms with Crippen molar-refractivity contribution < 1.29 is 28.3 Å². The first-order chi connectivity index (χ1) is 16.8. The number of methoxy groups -OCH3 is 1.